The van der Waals surface area contributed by atoms with Crippen LogP contribution in [0.1, 0.15) is 21.5 Å². The third kappa shape index (κ3) is 6.20. The van der Waals surface area contributed by atoms with Gasteiger partial charge in [-0.05, 0) is 47.5 Å². The lowest BCUT2D eigenvalue weighted by atomic mass is 10.1. The Balaban J connectivity index is 1.51. The van der Waals surface area contributed by atoms with E-state index >= 15 is 0 Å². The Labute approximate surface area is 173 Å². The minimum absolute atomic E-state index is 0.0608. The van der Waals surface area contributed by atoms with Gasteiger partial charge in [0.15, 0.2) is 5.96 Å². The zero-order valence-corrected chi connectivity index (χ0v) is 16.2. The summed E-state index contributed by atoms with van der Waals surface area (Å²) in [5.74, 6) is -0.533. The van der Waals surface area contributed by atoms with Crippen LogP contribution in [0, 0.1) is 0 Å². The van der Waals surface area contributed by atoms with Crippen LogP contribution in [-0.2, 0) is 22.6 Å². The standard InChI is InChI=1S/C23H21N3O4/c24-23(25)26-19-10-8-18(9-11-19)22(28)30-20-12-6-16(7-13-20)14-21(27)29-15-17-4-2-1-3-5-17/h1-13H,14-15H2,(H4,24,25,26). The quantitative estimate of drug-likeness (QED) is 0.271. The second-order valence-corrected chi connectivity index (χ2v) is 6.44. The predicted molar refractivity (Wildman–Crippen MR) is 113 cm³/mol. The number of carbonyl (C=O) groups excluding carboxylic acids is 2. The molecule has 0 aliphatic rings. The first-order chi connectivity index (χ1) is 14.5. The van der Waals surface area contributed by atoms with Crippen molar-refractivity contribution in [3.05, 3.63) is 95.6 Å². The van der Waals surface area contributed by atoms with Gasteiger partial charge in [0.2, 0.25) is 0 Å². The molecular formula is C23H21N3O4. The van der Waals surface area contributed by atoms with Gasteiger partial charge in [-0.1, -0.05) is 42.5 Å². The summed E-state index contributed by atoms with van der Waals surface area (Å²) in [5.41, 5.74) is 13.2. The fourth-order valence-electron chi connectivity index (χ4n) is 2.62. The fourth-order valence-corrected chi connectivity index (χ4v) is 2.62. The molecule has 7 heteroatoms. The zero-order chi connectivity index (χ0) is 21.3. The lowest BCUT2D eigenvalue weighted by Crippen LogP contribution is -2.21. The third-order valence-corrected chi connectivity index (χ3v) is 4.09. The van der Waals surface area contributed by atoms with Crippen LogP contribution in [0.25, 0.3) is 0 Å². The second kappa shape index (κ2) is 9.88. The molecule has 0 saturated carbocycles. The Hall–Kier alpha value is -4.13. The monoisotopic (exact) mass is 403 g/mol. The number of benzene rings is 3. The summed E-state index contributed by atoms with van der Waals surface area (Å²) in [5, 5.41) is 0. The molecule has 3 aromatic rings. The molecule has 3 aromatic carbocycles. The number of hydrogen-bond donors (Lipinski definition) is 2. The molecule has 0 fully saturated rings. The number of hydrogen-bond acceptors (Lipinski definition) is 5. The van der Waals surface area contributed by atoms with Crippen LogP contribution in [0.4, 0.5) is 5.69 Å². The summed E-state index contributed by atoms with van der Waals surface area (Å²) in [6, 6.07) is 22.5. The van der Waals surface area contributed by atoms with E-state index in [1.54, 1.807) is 48.5 Å². The lowest BCUT2D eigenvalue weighted by molar-refractivity contribution is -0.144. The molecule has 30 heavy (non-hydrogen) atoms. The molecule has 0 radical (unpaired) electrons. The lowest BCUT2D eigenvalue weighted by Gasteiger charge is -2.07. The molecule has 0 saturated heterocycles. The van der Waals surface area contributed by atoms with E-state index in [-0.39, 0.29) is 25.0 Å². The highest BCUT2D eigenvalue weighted by atomic mass is 16.5. The summed E-state index contributed by atoms with van der Waals surface area (Å²) >= 11 is 0. The van der Waals surface area contributed by atoms with Crippen molar-refractivity contribution < 1.29 is 19.1 Å². The van der Waals surface area contributed by atoms with Crippen molar-refractivity contribution >= 4 is 23.6 Å². The third-order valence-electron chi connectivity index (χ3n) is 4.09. The normalized spacial score (nSPS) is 10.1. The highest BCUT2D eigenvalue weighted by Crippen LogP contribution is 2.17. The van der Waals surface area contributed by atoms with Gasteiger partial charge in [0.25, 0.3) is 0 Å². The Morgan fingerprint density at radius 3 is 2.10 bits per heavy atom. The smallest absolute Gasteiger partial charge is 0.343 e. The Kier molecular flexibility index (Phi) is 6.78. The summed E-state index contributed by atoms with van der Waals surface area (Å²) in [6.07, 6.45) is 0.132. The van der Waals surface area contributed by atoms with Crippen molar-refractivity contribution in [1.29, 1.82) is 0 Å². The van der Waals surface area contributed by atoms with E-state index in [1.165, 1.54) is 0 Å². The number of esters is 2. The van der Waals surface area contributed by atoms with E-state index in [4.69, 9.17) is 20.9 Å². The van der Waals surface area contributed by atoms with Crippen LogP contribution in [-0.4, -0.2) is 17.9 Å². The summed E-state index contributed by atoms with van der Waals surface area (Å²) in [7, 11) is 0. The SMILES string of the molecule is NC(N)=Nc1ccc(C(=O)Oc2ccc(CC(=O)OCc3ccccc3)cc2)cc1. The number of nitrogens with two attached hydrogens (primary N) is 2. The zero-order valence-electron chi connectivity index (χ0n) is 16.2. The number of rotatable bonds is 7. The molecule has 0 aliphatic heterocycles. The minimum atomic E-state index is -0.513. The molecule has 7 nitrogen and oxygen atoms in total. The Morgan fingerprint density at radius 2 is 1.47 bits per heavy atom. The van der Waals surface area contributed by atoms with Gasteiger partial charge in [-0.15, -0.1) is 0 Å². The number of ether oxygens (including phenoxy) is 2. The molecule has 0 atom stereocenters. The molecule has 0 unspecified atom stereocenters. The average Bonchev–Trinajstić information content (AvgIpc) is 2.74. The van der Waals surface area contributed by atoms with E-state index in [0.717, 1.165) is 11.1 Å². The average molecular weight is 403 g/mol. The minimum Gasteiger partial charge on any atom is -0.461 e. The number of aliphatic imine (C=N–C) groups is 1. The summed E-state index contributed by atoms with van der Waals surface area (Å²) in [4.78, 5) is 28.1. The second-order valence-electron chi connectivity index (χ2n) is 6.44. The number of carbonyl (C=O) groups is 2. The van der Waals surface area contributed by atoms with Gasteiger partial charge in [0.05, 0.1) is 17.7 Å². The van der Waals surface area contributed by atoms with Gasteiger partial charge in [-0.25, -0.2) is 9.79 Å². The molecule has 0 aliphatic carbocycles. The first-order valence-electron chi connectivity index (χ1n) is 9.20. The summed E-state index contributed by atoms with van der Waals surface area (Å²) in [6.45, 7) is 0.233. The molecule has 4 N–H and O–H groups in total. The van der Waals surface area contributed by atoms with Crippen molar-refractivity contribution in [2.24, 2.45) is 16.5 Å². The van der Waals surface area contributed by atoms with Gasteiger partial charge in [0, 0.05) is 0 Å². The summed E-state index contributed by atoms with van der Waals surface area (Å²) < 4.78 is 10.6. The largest absolute Gasteiger partial charge is 0.461 e. The van der Waals surface area contributed by atoms with E-state index in [9.17, 15) is 9.59 Å². The van der Waals surface area contributed by atoms with Gasteiger partial charge < -0.3 is 20.9 Å². The molecule has 0 bridgehead atoms. The molecule has 0 aromatic heterocycles. The van der Waals surface area contributed by atoms with Crippen LogP contribution >= 0.6 is 0 Å². The van der Waals surface area contributed by atoms with Crippen LogP contribution in [0.15, 0.2) is 83.9 Å². The number of guanidine groups is 1. The van der Waals surface area contributed by atoms with Crippen LogP contribution < -0.4 is 16.2 Å². The number of nitrogens with zero attached hydrogens (tertiary/aromatic N) is 1. The van der Waals surface area contributed by atoms with Crippen molar-refractivity contribution in [1.82, 2.24) is 0 Å². The van der Waals surface area contributed by atoms with E-state index in [2.05, 4.69) is 4.99 Å². The molecule has 0 heterocycles. The van der Waals surface area contributed by atoms with Crippen LogP contribution in [0.5, 0.6) is 5.75 Å². The predicted octanol–water partition coefficient (Wildman–Crippen LogP) is 3.10. The van der Waals surface area contributed by atoms with Crippen LogP contribution in [0.2, 0.25) is 0 Å². The van der Waals surface area contributed by atoms with E-state index in [1.807, 2.05) is 30.3 Å². The van der Waals surface area contributed by atoms with Gasteiger partial charge in [-0.2, -0.15) is 0 Å². The fraction of sp³-hybridized carbons (Fsp3) is 0.0870. The highest BCUT2D eigenvalue weighted by Gasteiger charge is 2.10. The maximum atomic E-state index is 12.2. The molecule has 3 rings (SSSR count). The molecular weight excluding hydrogens is 382 g/mol. The molecule has 0 amide bonds. The topological polar surface area (TPSA) is 117 Å². The van der Waals surface area contributed by atoms with Gasteiger partial charge in [0.1, 0.15) is 12.4 Å². The van der Waals surface area contributed by atoms with Crippen molar-refractivity contribution in [2.45, 2.75) is 13.0 Å². The first kappa shape index (κ1) is 20.6. The van der Waals surface area contributed by atoms with Crippen molar-refractivity contribution in [2.75, 3.05) is 0 Å². The first-order valence-corrected chi connectivity index (χ1v) is 9.20. The van der Waals surface area contributed by atoms with Crippen molar-refractivity contribution in [3.63, 3.8) is 0 Å². The van der Waals surface area contributed by atoms with E-state index in [0.29, 0.717) is 17.0 Å². The van der Waals surface area contributed by atoms with Crippen molar-refractivity contribution in [3.8, 4) is 5.75 Å². The Bertz CT molecular complexity index is 1030. The molecule has 152 valence electrons. The molecule has 0 spiro atoms. The van der Waals surface area contributed by atoms with Crippen LogP contribution in [0.3, 0.4) is 0 Å². The maximum Gasteiger partial charge on any atom is 0.343 e. The van der Waals surface area contributed by atoms with Gasteiger partial charge in [-0.3, -0.25) is 4.79 Å². The van der Waals surface area contributed by atoms with E-state index < -0.39 is 5.97 Å². The Morgan fingerprint density at radius 1 is 0.800 bits per heavy atom. The highest BCUT2D eigenvalue weighted by molar-refractivity contribution is 5.91. The van der Waals surface area contributed by atoms with Gasteiger partial charge >= 0.3 is 11.9 Å². The maximum absolute atomic E-state index is 12.2.